The summed E-state index contributed by atoms with van der Waals surface area (Å²) in [7, 11) is 0. The third kappa shape index (κ3) is 3.65. The van der Waals surface area contributed by atoms with Crippen LogP contribution >= 0.6 is 0 Å². The fourth-order valence-corrected chi connectivity index (χ4v) is 0.620. The molecule has 0 fully saturated rings. The minimum absolute atomic E-state index is 0. The molecule has 0 saturated carbocycles. The second-order valence-electron chi connectivity index (χ2n) is 1.89. The van der Waals surface area contributed by atoms with E-state index in [2.05, 4.69) is 0 Å². The molecule has 1 atom stereocenters. The van der Waals surface area contributed by atoms with Crippen LogP contribution in [0.1, 0.15) is 20.3 Å². The van der Waals surface area contributed by atoms with Gasteiger partial charge >= 0.3 is 17.4 Å². The summed E-state index contributed by atoms with van der Waals surface area (Å²) in [5.74, 6) is -2.52. The van der Waals surface area contributed by atoms with Gasteiger partial charge in [0.1, 0.15) is 5.78 Å². The normalized spacial score (nSPS) is 11.4. The van der Waals surface area contributed by atoms with Crippen LogP contribution < -0.4 is 5.11 Å². The van der Waals surface area contributed by atoms with Gasteiger partial charge in [0.15, 0.2) is 0 Å². The molecule has 54 valence electrons. The zero-order valence-corrected chi connectivity index (χ0v) is 7.24. The Bertz CT molecular complexity index is 119. The molecule has 3 nitrogen and oxygen atoms in total. The van der Waals surface area contributed by atoms with Crippen molar-refractivity contribution in [3.8, 4) is 0 Å². The van der Waals surface area contributed by atoms with Crippen LogP contribution in [0.25, 0.3) is 0 Å². The van der Waals surface area contributed by atoms with E-state index < -0.39 is 11.9 Å². The first kappa shape index (κ1) is 12.4. The third-order valence-corrected chi connectivity index (χ3v) is 1.18. The number of carbonyl (C=O) groups is 2. The Morgan fingerprint density at radius 2 is 1.90 bits per heavy atom. The molecule has 0 rings (SSSR count). The topological polar surface area (TPSA) is 57.2 Å². The van der Waals surface area contributed by atoms with Crippen molar-refractivity contribution in [3.63, 3.8) is 0 Å². The summed E-state index contributed by atoms with van der Waals surface area (Å²) in [4.78, 5) is 20.4. The Hall–Kier alpha value is -0.328. The molecule has 4 heteroatoms. The van der Waals surface area contributed by atoms with Gasteiger partial charge in [0.2, 0.25) is 0 Å². The Morgan fingerprint density at radius 3 is 1.90 bits per heavy atom. The summed E-state index contributed by atoms with van der Waals surface area (Å²) in [6.07, 6.45) is 0.317. The third-order valence-electron chi connectivity index (χ3n) is 1.18. The van der Waals surface area contributed by atoms with Gasteiger partial charge in [-0.25, -0.2) is 0 Å². The number of aliphatic carboxylic acids is 1. The van der Waals surface area contributed by atoms with Crippen molar-refractivity contribution in [2.75, 3.05) is 0 Å². The number of rotatable bonds is 3. The van der Waals surface area contributed by atoms with Crippen LogP contribution in [0, 0.1) is 5.92 Å². The number of carboxylic acids is 1. The van der Waals surface area contributed by atoms with Crippen molar-refractivity contribution in [1.29, 1.82) is 0 Å². The fourth-order valence-electron chi connectivity index (χ4n) is 0.620. The average Bonchev–Trinajstić information content (AvgIpc) is 1.64. The first-order valence-electron chi connectivity index (χ1n) is 2.81. The Labute approximate surface area is 70.6 Å². The van der Waals surface area contributed by atoms with E-state index in [1.54, 1.807) is 6.92 Å². The predicted octanol–water partition coefficient (Wildman–Crippen LogP) is -1.03. The molecule has 0 aliphatic heterocycles. The molecule has 0 amide bonds. The predicted molar refractivity (Wildman–Crippen MR) is 35.2 cm³/mol. The monoisotopic (exact) mass is 156 g/mol. The quantitative estimate of drug-likeness (QED) is 0.388. The van der Waals surface area contributed by atoms with E-state index in [-0.39, 0.29) is 23.1 Å². The second kappa shape index (κ2) is 5.46. The standard InChI is InChI=1S/C6H10O3.Al/c1-3-5(4(2)7)6(8)9;/h5H,3H2,1-2H3,(H,8,9);/q;+1/p-1. The number of ketones is 1. The molecule has 0 aliphatic carbocycles. The van der Waals surface area contributed by atoms with Crippen LogP contribution in [0.2, 0.25) is 0 Å². The SMILES string of the molecule is CCC(C(C)=O)C(=O)[O-].[Al+]. The Balaban J connectivity index is 0. The van der Waals surface area contributed by atoms with Crippen LogP contribution in [-0.2, 0) is 9.59 Å². The van der Waals surface area contributed by atoms with Gasteiger partial charge in [0.05, 0.1) is 11.9 Å². The van der Waals surface area contributed by atoms with Crippen molar-refractivity contribution in [2.24, 2.45) is 5.92 Å². The maximum absolute atomic E-state index is 10.4. The Morgan fingerprint density at radius 1 is 1.50 bits per heavy atom. The summed E-state index contributed by atoms with van der Waals surface area (Å²) in [6, 6.07) is 0. The molecule has 2 radical (unpaired) electrons. The molecule has 0 spiro atoms. The van der Waals surface area contributed by atoms with E-state index in [4.69, 9.17) is 0 Å². The van der Waals surface area contributed by atoms with Crippen LogP contribution in [-0.4, -0.2) is 29.1 Å². The van der Waals surface area contributed by atoms with Crippen molar-refractivity contribution in [2.45, 2.75) is 20.3 Å². The van der Waals surface area contributed by atoms with Gasteiger partial charge < -0.3 is 9.90 Å². The van der Waals surface area contributed by atoms with Gasteiger partial charge in [-0.3, -0.25) is 4.79 Å². The van der Waals surface area contributed by atoms with Crippen LogP contribution in [0.3, 0.4) is 0 Å². The van der Waals surface area contributed by atoms with E-state index in [9.17, 15) is 14.7 Å². The van der Waals surface area contributed by atoms with Gasteiger partial charge in [-0.2, -0.15) is 0 Å². The van der Waals surface area contributed by atoms with E-state index in [1.807, 2.05) is 0 Å². The van der Waals surface area contributed by atoms with E-state index in [0.29, 0.717) is 6.42 Å². The van der Waals surface area contributed by atoms with Gasteiger partial charge in [-0.1, -0.05) is 6.92 Å². The summed E-state index contributed by atoms with van der Waals surface area (Å²) < 4.78 is 0. The molecule has 0 heterocycles. The number of carboxylic acid groups (broad SMARTS) is 1. The van der Waals surface area contributed by atoms with Gasteiger partial charge in [-0.05, 0) is 13.3 Å². The van der Waals surface area contributed by atoms with E-state index >= 15 is 0 Å². The van der Waals surface area contributed by atoms with E-state index in [0.717, 1.165) is 0 Å². The maximum Gasteiger partial charge on any atom is 1.00 e. The summed E-state index contributed by atoms with van der Waals surface area (Å²) in [5, 5.41) is 10.0. The van der Waals surface area contributed by atoms with Crippen LogP contribution in [0.5, 0.6) is 0 Å². The van der Waals surface area contributed by atoms with Crippen molar-refractivity contribution >= 4 is 29.1 Å². The number of hydrogen-bond donors (Lipinski definition) is 0. The molecule has 0 aromatic carbocycles. The summed E-state index contributed by atoms with van der Waals surface area (Å²) >= 11 is 0. The molecule has 0 aromatic heterocycles. The molecule has 0 saturated heterocycles. The summed E-state index contributed by atoms with van der Waals surface area (Å²) in [5.41, 5.74) is 0. The maximum atomic E-state index is 10.4. The first-order chi connectivity index (χ1) is 4.09. The smallest absolute Gasteiger partial charge is 0.549 e. The van der Waals surface area contributed by atoms with Crippen molar-refractivity contribution in [1.82, 2.24) is 0 Å². The zero-order valence-electron chi connectivity index (χ0n) is 6.09. The molecular weight excluding hydrogens is 147 g/mol. The minimum Gasteiger partial charge on any atom is -0.549 e. The molecule has 0 N–H and O–H groups in total. The van der Waals surface area contributed by atoms with E-state index in [1.165, 1.54) is 6.92 Å². The average molecular weight is 156 g/mol. The molecular formula is C6H9AlO3. The number of hydrogen-bond acceptors (Lipinski definition) is 3. The minimum atomic E-state index is -1.27. The van der Waals surface area contributed by atoms with Crippen molar-refractivity contribution < 1.29 is 14.7 Å². The summed E-state index contributed by atoms with van der Waals surface area (Å²) in [6.45, 7) is 2.89. The van der Waals surface area contributed by atoms with Crippen LogP contribution in [0.15, 0.2) is 0 Å². The number of Topliss-reactive ketones (excluding diaryl/α,β-unsaturated/α-hetero) is 1. The van der Waals surface area contributed by atoms with Crippen LogP contribution in [0.4, 0.5) is 0 Å². The molecule has 1 unspecified atom stereocenters. The van der Waals surface area contributed by atoms with Gasteiger partial charge in [0, 0.05) is 0 Å². The molecule has 0 aliphatic rings. The molecule has 0 aromatic rings. The molecule has 0 bridgehead atoms. The van der Waals surface area contributed by atoms with Gasteiger partial charge in [-0.15, -0.1) is 0 Å². The molecule has 10 heavy (non-hydrogen) atoms. The fraction of sp³-hybridized carbons (Fsp3) is 0.667. The van der Waals surface area contributed by atoms with Crippen molar-refractivity contribution in [3.05, 3.63) is 0 Å². The number of carbonyl (C=O) groups excluding carboxylic acids is 2. The Kier molecular flexibility index (Phi) is 6.74. The zero-order chi connectivity index (χ0) is 7.44. The first-order valence-corrected chi connectivity index (χ1v) is 2.81. The largest absolute Gasteiger partial charge is 1.00 e. The van der Waals surface area contributed by atoms with Gasteiger partial charge in [0.25, 0.3) is 0 Å². The second-order valence-corrected chi connectivity index (χ2v) is 1.89.